The summed E-state index contributed by atoms with van der Waals surface area (Å²) in [5, 5.41) is 0. The molecule has 0 heterocycles. The lowest BCUT2D eigenvalue weighted by Crippen LogP contribution is -1.86. The van der Waals surface area contributed by atoms with Crippen molar-refractivity contribution in [1.29, 1.82) is 0 Å². The van der Waals surface area contributed by atoms with Crippen molar-refractivity contribution >= 4 is 8.69 Å². The second-order valence-electron chi connectivity index (χ2n) is 2.54. The molecule has 0 aromatic heterocycles. The van der Waals surface area contributed by atoms with E-state index in [4.69, 9.17) is 4.52 Å². The van der Waals surface area contributed by atoms with E-state index in [1.54, 1.807) is 0 Å². The van der Waals surface area contributed by atoms with E-state index in [1.807, 2.05) is 24.3 Å². The van der Waals surface area contributed by atoms with Crippen molar-refractivity contribution in [2.75, 3.05) is 0 Å². The van der Waals surface area contributed by atoms with Crippen molar-refractivity contribution in [3.05, 3.63) is 29.8 Å². The molecule has 2 nitrogen and oxygen atoms in total. The summed E-state index contributed by atoms with van der Waals surface area (Å²) in [5.74, 6) is 0.743. The Morgan fingerprint density at radius 3 is 2.83 bits per heavy atom. The molecule has 12 heavy (non-hydrogen) atoms. The summed E-state index contributed by atoms with van der Waals surface area (Å²) in [6.45, 7) is 2.11. The Morgan fingerprint density at radius 1 is 1.42 bits per heavy atom. The molecule has 0 saturated carbocycles. The first-order valence-electron chi connectivity index (χ1n) is 4.00. The molecule has 0 radical (unpaired) electrons. The van der Waals surface area contributed by atoms with Crippen LogP contribution in [0.15, 0.2) is 24.3 Å². The van der Waals surface area contributed by atoms with Crippen molar-refractivity contribution in [2.45, 2.75) is 19.8 Å². The highest BCUT2D eigenvalue weighted by atomic mass is 31.1. The van der Waals surface area contributed by atoms with Crippen LogP contribution in [0, 0.1) is 0 Å². The number of rotatable bonds is 4. The molecule has 1 unspecified atom stereocenters. The maximum atomic E-state index is 10.3. The third-order valence-corrected chi connectivity index (χ3v) is 1.95. The Bertz CT molecular complexity index is 260. The van der Waals surface area contributed by atoms with Gasteiger partial charge in [-0.1, -0.05) is 31.5 Å². The van der Waals surface area contributed by atoms with E-state index in [0.717, 1.165) is 24.2 Å². The van der Waals surface area contributed by atoms with Gasteiger partial charge in [-0.25, -0.2) is 0 Å². The minimum atomic E-state index is -0.714. The van der Waals surface area contributed by atoms with Gasteiger partial charge in [-0.2, -0.15) is 0 Å². The Kier molecular flexibility index (Phi) is 3.75. The molecule has 3 heteroatoms. The number of hydrogen-bond acceptors (Lipinski definition) is 2. The highest BCUT2D eigenvalue weighted by Crippen LogP contribution is 2.22. The fourth-order valence-electron chi connectivity index (χ4n) is 1.12. The SMILES string of the molecule is CCCc1ccccc1O[PH+]=O. The minimum absolute atomic E-state index is 0.714. The molecule has 0 N–H and O–H groups in total. The summed E-state index contributed by atoms with van der Waals surface area (Å²) in [5.41, 5.74) is 1.13. The van der Waals surface area contributed by atoms with Crippen molar-refractivity contribution in [3.63, 3.8) is 0 Å². The van der Waals surface area contributed by atoms with E-state index >= 15 is 0 Å². The lowest BCUT2D eigenvalue weighted by atomic mass is 10.1. The number of aryl methyl sites for hydroxylation is 1. The fourth-order valence-corrected chi connectivity index (χ4v) is 1.41. The molecule has 1 rings (SSSR count). The van der Waals surface area contributed by atoms with Gasteiger partial charge in [-0.3, -0.25) is 4.52 Å². The second kappa shape index (κ2) is 4.89. The first-order chi connectivity index (χ1) is 5.88. The smallest absolute Gasteiger partial charge is 0.256 e. The lowest BCUT2D eigenvalue weighted by Gasteiger charge is -1.99. The van der Waals surface area contributed by atoms with Gasteiger partial charge in [0.2, 0.25) is 0 Å². The van der Waals surface area contributed by atoms with Crippen LogP contribution in [-0.2, 0) is 11.0 Å². The van der Waals surface area contributed by atoms with Crippen LogP contribution in [0.3, 0.4) is 0 Å². The molecule has 0 bridgehead atoms. The Morgan fingerprint density at radius 2 is 2.17 bits per heavy atom. The van der Waals surface area contributed by atoms with Gasteiger partial charge in [-0.05, 0) is 17.1 Å². The van der Waals surface area contributed by atoms with Gasteiger partial charge >= 0.3 is 8.69 Å². The maximum Gasteiger partial charge on any atom is 0.542 e. The third-order valence-electron chi connectivity index (χ3n) is 1.64. The molecule has 64 valence electrons. The summed E-state index contributed by atoms with van der Waals surface area (Å²) >= 11 is 0. The van der Waals surface area contributed by atoms with Gasteiger partial charge in [0.25, 0.3) is 0 Å². The fraction of sp³-hybridized carbons (Fsp3) is 0.333. The topological polar surface area (TPSA) is 26.3 Å². The molecular weight excluding hydrogens is 171 g/mol. The van der Waals surface area contributed by atoms with E-state index in [9.17, 15) is 4.57 Å². The van der Waals surface area contributed by atoms with Crippen LogP contribution in [-0.4, -0.2) is 0 Å². The van der Waals surface area contributed by atoms with Crippen LogP contribution in [0.1, 0.15) is 18.9 Å². The molecule has 0 saturated heterocycles. The van der Waals surface area contributed by atoms with Gasteiger partial charge in [-0.15, -0.1) is 0 Å². The predicted octanol–water partition coefficient (Wildman–Crippen LogP) is 2.96. The van der Waals surface area contributed by atoms with Crippen molar-refractivity contribution in [1.82, 2.24) is 0 Å². The molecule has 0 spiro atoms. The molecular formula is C9H12O2P+. The average Bonchev–Trinajstić information content (AvgIpc) is 2.09. The molecule has 0 aliphatic heterocycles. The van der Waals surface area contributed by atoms with Crippen LogP contribution >= 0.6 is 8.69 Å². The summed E-state index contributed by atoms with van der Waals surface area (Å²) < 4.78 is 15.2. The van der Waals surface area contributed by atoms with E-state index in [0.29, 0.717) is 0 Å². The summed E-state index contributed by atoms with van der Waals surface area (Å²) in [7, 11) is -0.714. The first-order valence-corrected chi connectivity index (χ1v) is 4.82. The number of benzene rings is 1. The number of para-hydroxylation sites is 1. The normalized spacial score (nSPS) is 10.1. The highest BCUT2D eigenvalue weighted by molar-refractivity contribution is 7.17. The predicted molar refractivity (Wildman–Crippen MR) is 50.1 cm³/mol. The molecule has 1 aromatic carbocycles. The van der Waals surface area contributed by atoms with Gasteiger partial charge in [0, 0.05) is 5.56 Å². The van der Waals surface area contributed by atoms with Crippen molar-refractivity contribution in [2.24, 2.45) is 0 Å². The molecule has 0 aliphatic carbocycles. The zero-order chi connectivity index (χ0) is 8.81. The zero-order valence-corrected chi connectivity index (χ0v) is 8.04. The molecule has 0 amide bonds. The van der Waals surface area contributed by atoms with Crippen molar-refractivity contribution in [3.8, 4) is 5.75 Å². The van der Waals surface area contributed by atoms with Crippen LogP contribution in [0.2, 0.25) is 0 Å². The molecule has 1 atom stereocenters. The standard InChI is InChI=1S/C9H12O2P/c1-2-5-8-6-3-4-7-9(8)11-12-10/h3-4,6-7,12H,2,5H2,1H3/q+1. The van der Waals surface area contributed by atoms with Crippen LogP contribution in [0.4, 0.5) is 0 Å². The quantitative estimate of drug-likeness (QED) is 0.671. The Hall–Kier alpha value is -0.880. The maximum absolute atomic E-state index is 10.3. The van der Waals surface area contributed by atoms with E-state index in [1.165, 1.54) is 0 Å². The van der Waals surface area contributed by atoms with Crippen LogP contribution < -0.4 is 4.52 Å². The lowest BCUT2D eigenvalue weighted by molar-refractivity contribution is 0.521. The largest absolute Gasteiger partial charge is 0.542 e. The Balaban J connectivity index is 2.83. The molecule has 1 aromatic rings. The van der Waals surface area contributed by atoms with Gasteiger partial charge < -0.3 is 0 Å². The second-order valence-corrected chi connectivity index (χ2v) is 2.91. The minimum Gasteiger partial charge on any atom is -0.256 e. The van der Waals surface area contributed by atoms with Gasteiger partial charge in [0.05, 0.1) is 0 Å². The third kappa shape index (κ3) is 2.31. The average molecular weight is 183 g/mol. The molecule has 0 aliphatic rings. The Labute approximate surface area is 73.8 Å². The van der Waals surface area contributed by atoms with E-state index < -0.39 is 8.69 Å². The summed E-state index contributed by atoms with van der Waals surface area (Å²) in [4.78, 5) is 0. The summed E-state index contributed by atoms with van der Waals surface area (Å²) in [6.07, 6.45) is 2.04. The van der Waals surface area contributed by atoms with Gasteiger partial charge in [0.15, 0.2) is 5.75 Å². The van der Waals surface area contributed by atoms with E-state index in [2.05, 4.69) is 6.92 Å². The van der Waals surface area contributed by atoms with Crippen LogP contribution in [0.25, 0.3) is 0 Å². The van der Waals surface area contributed by atoms with Gasteiger partial charge in [0.1, 0.15) is 0 Å². The first kappa shape index (κ1) is 9.21. The van der Waals surface area contributed by atoms with Crippen LogP contribution in [0.5, 0.6) is 5.75 Å². The molecule has 0 fully saturated rings. The highest BCUT2D eigenvalue weighted by Gasteiger charge is 2.04. The van der Waals surface area contributed by atoms with E-state index in [-0.39, 0.29) is 0 Å². The number of hydrogen-bond donors (Lipinski definition) is 0. The zero-order valence-electron chi connectivity index (χ0n) is 7.04. The summed E-state index contributed by atoms with van der Waals surface area (Å²) in [6, 6.07) is 7.69. The van der Waals surface area contributed by atoms with Crippen molar-refractivity contribution < 1.29 is 9.09 Å². The monoisotopic (exact) mass is 183 g/mol.